The predicted molar refractivity (Wildman–Crippen MR) is 93.6 cm³/mol. The Labute approximate surface area is 147 Å². The first-order chi connectivity index (χ1) is 12.1. The summed E-state index contributed by atoms with van der Waals surface area (Å²) in [5.74, 6) is -0.00748. The number of piperidine rings is 1. The van der Waals surface area contributed by atoms with Crippen LogP contribution in [0.3, 0.4) is 0 Å². The zero-order chi connectivity index (χ0) is 17.4. The van der Waals surface area contributed by atoms with Gasteiger partial charge in [-0.15, -0.1) is 0 Å². The number of rotatable bonds is 4. The first-order valence-electron chi connectivity index (χ1n) is 9.17. The highest BCUT2D eigenvalue weighted by atomic mass is 19.1. The lowest BCUT2D eigenvalue weighted by molar-refractivity contribution is -0.136. The Hall–Kier alpha value is -2.17. The quantitative estimate of drug-likeness (QED) is 0.853. The van der Waals surface area contributed by atoms with Crippen LogP contribution in [0.15, 0.2) is 36.7 Å². The van der Waals surface area contributed by atoms with Crippen molar-refractivity contribution in [3.8, 4) is 0 Å². The van der Waals surface area contributed by atoms with Gasteiger partial charge >= 0.3 is 0 Å². The summed E-state index contributed by atoms with van der Waals surface area (Å²) in [5.41, 5.74) is 1.83. The van der Waals surface area contributed by atoms with E-state index in [2.05, 4.69) is 5.10 Å². The van der Waals surface area contributed by atoms with E-state index in [-0.39, 0.29) is 29.6 Å². The van der Waals surface area contributed by atoms with Crippen molar-refractivity contribution in [3.63, 3.8) is 0 Å². The molecular formula is C20H24FN3O. The monoisotopic (exact) mass is 341 g/mol. The van der Waals surface area contributed by atoms with Crippen molar-refractivity contribution in [2.24, 2.45) is 5.92 Å². The predicted octanol–water partition coefficient (Wildman–Crippen LogP) is 3.52. The minimum atomic E-state index is -0.190. The number of likely N-dealkylation sites (tertiary alicyclic amines) is 1. The Morgan fingerprint density at radius 1 is 1.32 bits per heavy atom. The number of carbonyl (C=O) groups is 1. The van der Waals surface area contributed by atoms with E-state index in [0.29, 0.717) is 5.56 Å². The van der Waals surface area contributed by atoms with Crippen LogP contribution in [0.1, 0.15) is 42.7 Å². The number of aromatic nitrogens is 2. The molecule has 0 bridgehead atoms. The number of nitrogens with zero attached hydrogens (tertiary/aromatic N) is 3. The highest BCUT2D eigenvalue weighted by Crippen LogP contribution is 2.49. The van der Waals surface area contributed by atoms with Crippen molar-refractivity contribution in [3.05, 3.63) is 53.6 Å². The molecule has 0 unspecified atom stereocenters. The van der Waals surface area contributed by atoms with Gasteiger partial charge in [-0.05, 0) is 55.7 Å². The standard InChI is InChI=1S/C20H24FN3O/c1-14-11-22-23(12-14)13-15-6-4-5-9-24(15)20(25)18-10-17(18)16-7-2-3-8-19(16)21/h2-3,7-8,11-12,15,17-18H,4-6,9-10,13H2,1H3/t15-,17+,18+/m0/s1. The molecule has 1 saturated heterocycles. The minimum absolute atomic E-state index is 0.0447. The van der Waals surface area contributed by atoms with E-state index < -0.39 is 0 Å². The maximum atomic E-state index is 14.0. The van der Waals surface area contributed by atoms with E-state index in [4.69, 9.17) is 0 Å². The molecule has 3 atom stereocenters. The normalized spacial score (nSPS) is 25.8. The molecule has 1 amide bonds. The molecule has 132 valence electrons. The van der Waals surface area contributed by atoms with E-state index in [1.54, 1.807) is 6.07 Å². The third kappa shape index (κ3) is 3.32. The highest BCUT2D eigenvalue weighted by Gasteiger charge is 2.48. The number of carbonyl (C=O) groups excluding carboxylic acids is 1. The third-order valence-electron chi connectivity index (χ3n) is 5.48. The molecule has 0 N–H and O–H groups in total. The molecule has 2 aromatic rings. The van der Waals surface area contributed by atoms with Crippen LogP contribution in [0.25, 0.3) is 0 Å². The lowest BCUT2D eigenvalue weighted by atomic mass is 10.0. The Kier molecular flexibility index (Phi) is 4.32. The molecule has 4 rings (SSSR count). The summed E-state index contributed by atoms with van der Waals surface area (Å²) in [5, 5.41) is 4.37. The van der Waals surface area contributed by atoms with Crippen LogP contribution >= 0.6 is 0 Å². The molecule has 0 radical (unpaired) electrons. The molecule has 1 aliphatic carbocycles. The molecule has 2 aliphatic rings. The summed E-state index contributed by atoms with van der Waals surface area (Å²) >= 11 is 0. The molecule has 0 spiro atoms. The summed E-state index contributed by atoms with van der Waals surface area (Å²) in [6.45, 7) is 3.58. The Bertz CT molecular complexity index is 772. The molecule has 2 fully saturated rings. The third-order valence-corrected chi connectivity index (χ3v) is 5.48. The Morgan fingerprint density at radius 2 is 2.16 bits per heavy atom. The van der Waals surface area contributed by atoms with Gasteiger partial charge in [0.15, 0.2) is 0 Å². The fraction of sp³-hybridized carbons (Fsp3) is 0.500. The van der Waals surface area contributed by atoms with Crippen LogP contribution in [0, 0.1) is 18.7 Å². The molecule has 4 nitrogen and oxygen atoms in total. The number of hydrogen-bond acceptors (Lipinski definition) is 2. The molecule has 5 heteroatoms. The second kappa shape index (κ2) is 6.62. The van der Waals surface area contributed by atoms with Crippen LogP contribution in [0.2, 0.25) is 0 Å². The van der Waals surface area contributed by atoms with E-state index >= 15 is 0 Å². The van der Waals surface area contributed by atoms with Crippen LogP contribution in [0.5, 0.6) is 0 Å². The average molecular weight is 341 g/mol. The van der Waals surface area contributed by atoms with Crippen LogP contribution < -0.4 is 0 Å². The van der Waals surface area contributed by atoms with Gasteiger partial charge < -0.3 is 4.90 Å². The summed E-state index contributed by atoms with van der Waals surface area (Å²) in [6, 6.07) is 7.04. The van der Waals surface area contributed by atoms with Gasteiger partial charge in [0.05, 0.1) is 18.8 Å². The highest BCUT2D eigenvalue weighted by molar-refractivity contribution is 5.83. The van der Waals surface area contributed by atoms with Gasteiger partial charge in [0.25, 0.3) is 0 Å². The SMILES string of the molecule is Cc1cnn(C[C@@H]2CCCCN2C(=O)[C@@H]2C[C@@H]2c2ccccc2F)c1. The van der Waals surface area contributed by atoms with Gasteiger partial charge in [0, 0.05) is 18.7 Å². The van der Waals surface area contributed by atoms with E-state index in [0.717, 1.165) is 44.3 Å². The summed E-state index contributed by atoms with van der Waals surface area (Å²) in [7, 11) is 0. The van der Waals surface area contributed by atoms with Crippen molar-refractivity contribution < 1.29 is 9.18 Å². The fourth-order valence-corrected chi connectivity index (χ4v) is 4.06. The molecule has 2 heterocycles. The Balaban J connectivity index is 1.46. The van der Waals surface area contributed by atoms with Gasteiger partial charge in [0.1, 0.15) is 5.82 Å². The van der Waals surface area contributed by atoms with Gasteiger partial charge in [-0.1, -0.05) is 18.2 Å². The average Bonchev–Trinajstić information content (AvgIpc) is 3.30. The molecule has 1 aliphatic heterocycles. The van der Waals surface area contributed by atoms with Crippen molar-refractivity contribution in [1.82, 2.24) is 14.7 Å². The lowest BCUT2D eigenvalue weighted by Gasteiger charge is -2.36. The molecule has 1 saturated carbocycles. The number of aryl methyl sites for hydroxylation is 1. The second-order valence-corrected chi connectivity index (χ2v) is 7.39. The lowest BCUT2D eigenvalue weighted by Crippen LogP contribution is -2.46. The molecule has 1 aromatic carbocycles. The summed E-state index contributed by atoms with van der Waals surface area (Å²) in [4.78, 5) is 15.1. The topological polar surface area (TPSA) is 38.1 Å². The van der Waals surface area contributed by atoms with Crippen LogP contribution in [0.4, 0.5) is 4.39 Å². The smallest absolute Gasteiger partial charge is 0.226 e. The number of amides is 1. The van der Waals surface area contributed by atoms with Gasteiger partial charge in [-0.2, -0.15) is 5.10 Å². The number of benzene rings is 1. The van der Waals surface area contributed by atoms with Crippen molar-refractivity contribution in [2.45, 2.75) is 51.1 Å². The van der Waals surface area contributed by atoms with Gasteiger partial charge in [-0.3, -0.25) is 9.48 Å². The second-order valence-electron chi connectivity index (χ2n) is 7.39. The largest absolute Gasteiger partial charge is 0.338 e. The van der Waals surface area contributed by atoms with Gasteiger partial charge in [0.2, 0.25) is 5.91 Å². The first-order valence-corrected chi connectivity index (χ1v) is 9.17. The van der Waals surface area contributed by atoms with E-state index in [1.807, 2.05) is 41.0 Å². The maximum absolute atomic E-state index is 14.0. The number of hydrogen-bond donors (Lipinski definition) is 0. The van der Waals surface area contributed by atoms with Crippen molar-refractivity contribution >= 4 is 5.91 Å². The summed E-state index contributed by atoms with van der Waals surface area (Å²) < 4.78 is 15.9. The van der Waals surface area contributed by atoms with Crippen molar-refractivity contribution in [2.75, 3.05) is 6.54 Å². The number of halogens is 1. The Morgan fingerprint density at radius 3 is 2.92 bits per heavy atom. The van der Waals surface area contributed by atoms with E-state index in [9.17, 15) is 9.18 Å². The van der Waals surface area contributed by atoms with Crippen LogP contribution in [-0.4, -0.2) is 33.2 Å². The van der Waals surface area contributed by atoms with Gasteiger partial charge in [-0.25, -0.2) is 4.39 Å². The molecular weight excluding hydrogens is 317 g/mol. The van der Waals surface area contributed by atoms with Crippen molar-refractivity contribution in [1.29, 1.82) is 0 Å². The maximum Gasteiger partial charge on any atom is 0.226 e. The fourth-order valence-electron chi connectivity index (χ4n) is 4.06. The van der Waals surface area contributed by atoms with E-state index in [1.165, 1.54) is 6.07 Å². The van der Waals surface area contributed by atoms with Crippen LogP contribution in [-0.2, 0) is 11.3 Å². The zero-order valence-electron chi connectivity index (χ0n) is 14.6. The summed E-state index contributed by atoms with van der Waals surface area (Å²) in [6.07, 6.45) is 7.86. The first kappa shape index (κ1) is 16.3. The zero-order valence-corrected chi connectivity index (χ0v) is 14.6. The molecule has 1 aromatic heterocycles. The minimum Gasteiger partial charge on any atom is -0.338 e. The molecule has 25 heavy (non-hydrogen) atoms.